The van der Waals surface area contributed by atoms with Crippen LogP contribution >= 0.6 is 39.1 Å². The van der Waals surface area contributed by atoms with E-state index in [4.69, 9.17) is 27.9 Å². The van der Waals surface area contributed by atoms with Crippen LogP contribution in [-0.4, -0.2) is 46.6 Å². The molecule has 1 fully saturated rings. The number of benzene rings is 2. The molecule has 1 aromatic heterocycles. The van der Waals surface area contributed by atoms with E-state index in [1.807, 2.05) is 42.2 Å². The van der Waals surface area contributed by atoms with Gasteiger partial charge in [-0.2, -0.15) is 4.98 Å². The lowest BCUT2D eigenvalue weighted by atomic mass is 10.1. The number of rotatable bonds is 3. The molecule has 3 aromatic rings. The van der Waals surface area contributed by atoms with Gasteiger partial charge in [-0.1, -0.05) is 41.9 Å². The highest BCUT2D eigenvalue weighted by atomic mass is 79.9. The van der Waals surface area contributed by atoms with E-state index >= 15 is 0 Å². The summed E-state index contributed by atoms with van der Waals surface area (Å²) in [7, 11) is 0. The number of hydrogen-bond donors (Lipinski definition) is 0. The van der Waals surface area contributed by atoms with Crippen LogP contribution in [0.4, 0.5) is 15.0 Å². The van der Waals surface area contributed by atoms with Crippen LogP contribution < -0.4 is 4.90 Å². The maximum atomic E-state index is 14.7. The highest BCUT2D eigenvalue weighted by Gasteiger charge is 2.30. The van der Waals surface area contributed by atoms with Gasteiger partial charge in [0.15, 0.2) is 5.82 Å². The molecule has 0 saturated carbocycles. The maximum Gasteiger partial charge on any atom is 0.410 e. The maximum absolute atomic E-state index is 14.7. The number of anilines is 1. The van der Waals surface area contributed by atoms with Crippen LogP contribution in [0.2, 0.25) is 10.3 Å². The Morgan fingerprint density at radius 2 is 2.00 bits per heavy atom. The number of carbonyl (C=O) groups is 1. The van der Waals surface area contributed by atoms with Crippen molar-refractivity contribution in [1.29, 1.82) is 0 Å². The lowest BCUT2D eigenvalue weighted by molar-refractivity contribution is 0.0898. The molecule has 162 valence electrons. The Hall–Kier alpha value is -2.16. The van der Waals surface area contributed by atoms with E-state index in [-0.39, 0.29) is 39.0 Å². The highest BCUT2D eigenvalue weighted by molar-refractivity contribution is 9.10. The molecule has 2 aromatic carbocycles. The zero-order valence-electron chi connectivity index (χ0n) is 16.5. The van der Waals surface area contributed by atoms with Crippen molar-refractivity contribution in [3.8, 4) is 0 Å². The van der Waals surface area contributed by atoms with Gasteiger partial charge in [0.2, 0.25) is 5.28 Å². The summed E-state index contributed by atoms with van der Waals surface area (Å²) in [5.74, 6) is -0.114. The third-order valence-electron chi connectivity index (χ3n) is 5.14. The van der Waals surface area contributed by atoms with Crippen LogP contribution in [-0.2, 0) is 11.3 Å². The molecule has 2 heterocycles. The van der Waals surface area contributed by atoms with Gasteiger partial charge in [-0.05, 0) is 46.1 Å². The molecular formula is C21H18BrCl2FN4O2. The first-order chi connectivity index (χ1) is 14.8. The number of piperazine rings is 1. The van der Waals surface area contributed by atoms with Crippen molar-refractivity contribution in [2.75, 3.05) is 24.5 Å². The summed E-state index contributed by atoms with van der Waals surface area (Å²) < 4.78 is 20.3. The smallest absolute Gasteiger partial charge is 0.410 e. The summed E-state index contributed by atoms with van der Waals surface area (Å²) in [6, 6.07) is 11.0. The molecule has 1 aliphatic rings. The summed E-state index contributed by atoms with van der Waals surface area (Å²) in [4.78, 5) is 24.5. The van der Waals surface area contributed by atoms with E-state index in [1.54, 1.807) is 11.0 Å². The zero-order valence-corrected chi connectivity index (χ0v) is 19.6. The van der Waals surface area contributed by atoms with Gasteiger partial charge in [0.05, 0.1) is 9.50 Å². The second kappa shape index (κ2) is 9.14. The molecule has 4 rings (SSSR count). The first-order valence-corrected chi connectivity index (χ1v) is 11.1. The fraction of sp³-hybridized carbons (Fsp3) is 0.286. The Bertz CT molecular complexity index is 1140. The normalized spacial score (nSPS) is 16.6. The Kier molecular flexibility index (Phi) is 6.50. The number of halogens is 4. The van der Waals surface area contributed by atoms with E-state index in [1.165, 1.54) is 0 Å². The second-order valence-corrected chi connectivity index (χ2v) is 8.77. The van der Waals surface area contributed by atoms with Crippen LogP contribution in [0.5, 0.6) is 0 Å². The quantitative estimate of drug-likeness (QED) is 0.323. The highest BCUT2D eigenvalue weighted by Crippen LogP contribution is 2.36. The molecule has 0 bridgehead atoms. The summed E-state index contributed by atoms with van der Waals surface area (Å²) in [6.45, 7) is 3.49. The molecule has 10 heteroatoms. The molecule has 0 radical (unpaired) electrons. The van der Waals surface area contributed by atoms with Gasteiger partial charge in [-0.15, -0.1) is 0 Å². The van der Waals surface area contributed by atoms with E-state index in [0.717, 1.165) is 5.56 Å². The molecule has 1 saturated heterocycles. The molecular weight excluding hydrogens is 510 g/mol. The Balaban J connectivity index is 1.53. The van der Waals surface area contributed by atoms with Gasteiger partial charge in [0, 0.05) is 31.1 Å². The number of aromatic nitrogens is 2. The minimum absolute atomic E-state index is 0.0625. The van der Waals surface area contributed by atoms with E-state index in [2.05, 4.69) is 25.9 Å². The first-order valence-electron chi connectivity index (χ1n) is 9.58. The SMILES string of the molecule is CC1CN(C(=O)OCc2ccccc2)CCN1c1nc(Cl)nc2c(F)c(Br)c(Cl)cc12. The lowest BCUT2D eigenvalue weighted by Crippen LogP contribution is -2.54. The van der Waals surface area contributed by atoms with Crippen LogP contribution in [0.25, 0.3) is 10.9 Å². The molecule has 1 aliphatic heterocycles. The predicted octanol–water partition coefficient (Wildman–Crippen LogP) is 5.69. The summed E-state index contributed by atoms with van der Waals surface area (Å²) in [5.41, 5.74) is 1.01. The van der Waals surface area contributed by atoms with Crippen molar-refractivity contribution in [3.63, 3.8) is 0 Å². The molecule has 31 heavy (non-hydrogen) atoms. The number of nitrogens with zero attached hydrogens (tertiary/aromatic N) is 4. The largest absolute Gasteiger partial charge is 0.445 e. The third kappa shape index (κ3) is 4.56. The zero-order chi connectivity index (χ0) is 22.1. The van der Waals surface area contributed by atoms with Crippen LogP contribution in [0.15, 0.2) is 40.9 Å². The van der Waals surface area contributed by atoms with Gasteiger partial charge in [0.25, 0.3) is 0 Å². The number of ether oxygens (including phenoxy) is 1. The van der Waals surface area contributed by atoms with E-state index < -0.39 is 5.82 Å². The van der Waals surface area contributed by atoms with Gasteiger partial charge >= 0.3 is 6.09 Å². The molecule has 1 amide bonds. The van der Waals surface area contributed by atoms with Crippen molar-refractivity contribution in [2.45, 2.75) is 19.6 Å². The van der Waals surface area contributed by atoms with Gasteiger partial charge < -0.3 is 14.5 Å². The fourth-order valence-electron chi connectivity index (χ4n) is 3.60. The van der Waals surface area contributed by atoms with Crippen molar-refractivity contribution in [2.24, 2.45) is 0 Å². The van der Waals surface area contributed by atoms with Crippen LogP contribution in [0.3, 0.4) is 0 Å². The third-order valence-corrected chi connectivity index (χ3v) is 6.61. The first kappa shape index (κ1) is 22.0. The fourth-order valence-corrected chi connectivity index (χ4v) is 4.26. The van der Waals surface area contributed by atoms with E-state index in [9.17, 15) is 9.18 Å². The minimum atomic E-state index is -0.594. The molecule has 1 atom stereocenters. The lowest BCUT2D eigenvalue weighted by Gasteiger charge is -2.40. The van der Waals surface area contributed by atoms with Crippen molar-refractivity contribution in [1.82, 2.24) is 14.9 Å². The summed E-state index contributed by atoms with van der Waals surface area (Å²) in [5, 5.41) is 0.613. The van der Waals surface area contributed by atoms with Crippen LogP contribution in [0.1, 0.15) is 12.5 Å². The average molecular weight is 528 g/mol. The van der Waals surface area contributed by atoms with Crippen molar-refractivity contribution < 1.29 is 13.9 Å². The van der Waals surface area contributed by atoms with Gasteiger partial charge in [-0.25, -0.2) is 14.2 Å². The number of carbonyl (C=O) groups excluding carboxylic acids is 1. The molecule has 0 aliphatic carbocycles. The summed E-state index contributed by atoms with van der Waals surface area (Å²) in [6.07, 6.45) is -0.376. The molecule has 6 nitrogen and oxygen atoms in total. The number of amides is 1. The van der Waals surface area contributed by atoms with Gasteiger partial charge in [0.1, 0.15) is 17.9 Å². The van der Waals surface area contributed by atoms with E-state index in [0.29, 0.717) is 30.8 Å². The molecule has 0 N–H and O–H groups in total. The standard InChI is InChI=1S/C21H18BrCl2FN4O2/c1-12-10-28(21(30)31-11-13-5-3-2-4-6-13)7-8-29(12)19-14-9-15(23)16(22)17(25)18(14)26-20(24)27-19/h2-6,9,12H,7-8,10-11H2,1H3. The number of hydrogen-bond acceptors (Lipinski definition) is 5. The minimum Gasteiger partial charge on any atom is -0.445 e. The molecule has 1 unspecified atom stereocenters. The molecule has 0 spiro atoms. The monoisotopic (exact) mass is 526 g/mol. The number of fused-ring (bicyclic) bond motifs is 1. The summed E-state index contributed by atoms with van der Waals surface area (Å²) >= 11 is 15.4. The Morgan fingerprint density at radius 1 is 1.26 bits per heavy atom. The Morgan fingerprint density at radius 3 is 2.71 bits per heavy atom. The van der Waals surface area contributed by atoms with Crippen LogP contribution in [0, 0.1) is 5.82 Å². The van der Waals surface area contributed by atoms with Crippen molar-refractivity contribution >= 4 is 61.9 Å². The topological polar surface area (TPSA) is 58.6 Å². The predicted molar refractivity (Wildman–Crippen MR) is 122 cm³/mol. The van der Waals surface area contributed by atoms with Gasteiger partial charge in [-0.3, -0.25) is 0 Å². The second-order valence-electron chi connectivity index (χ2n) is 7.23. The Labute approximate surface area is 197 Å². The van der Waals surface area contributed by atoms with Crippen molar-refractivity contribution in [3.05, 3.63) is 62.6 Å². The average Bonchev–Trinajstić information content (AvgIpc) is 2.77.